The van der Waals surface area contributed by atoms with E-state index in [-0.39, 0.29) is 22.7 Å². The van der Waals surface area contributed by atoms with Crippen molar-refractivity contribution in [1.29, 1.82) is 0 Å². The van der Waals surface area contributed by atoms with Gasteiger partial charge in [0.05, 0.1) is 20.9 Å². The molecular formula is C15H19BrClFN2. The smallest absolute Gasteiger partial charge is 0.139 e. The number of fused-ring (bicyclic) bond motifs is 1. The average molecular weight is 362 g/mol. The van der Waals surface area contributed by atoms with Gasteiger partial charge in [-0.3, -0.25) is 0 Å². The molecule has 20 heavy (non-hydrogen) atoms. The monoisotopic (exact) mass is 360 g/mol. The maximum Gasteiger partial charge on any atom is 0.139 e. The minimum atomic E-state index is -0.284. The summed E-state index contributed by atoms with van der Waals surface area (Å²) in [5.74, 6) is 0.495. The fourth-order valence-electron chi connectivity index (χ4n) is 2.18. The second kappa shape index (κ2) is 5.30. The normalized spacial score (nSPS) is 15.6. The number of hydrogen-bond acceptors (Lipinski definition) is 1. The largest absolute Gasteiger partial charge is 0.323 e. The molecule has 0 saturated heterocycles. The first-order chi connectivity index (χ1) is 9.12. The molecule has 1 aromatic carbocycles. The van der Waals surface area contributed by atoms with Crippen LogP contribution in [0.25, 0.3) is 11.0 Å². The molecular weight excluding hydrogens is 343 g/mol. The van der Waals surface area contributed by atoms with Gasteiger partial charge in [0.1, 0.15) is 11.6 Å². The van der Waals surface area contributed by atoms with Crippen LogP contribution in [0, 0.1) is 11.2 Å². The number of alkyl halides is 1. The van der Waals surface area contributed by atoms with Crippen molar-refractivity contribution in [3.63, 3.8) is 0 Å². The predicted molar refractivity (Wildman–Crippen MR) is 85.8 cm³/mol. The van der Waals surface area contributed by atoms with Crippen LogP contribution in [0.3, 0.4) is 0 Å². The van der Waals surface area contributed by atoms with Crippen LogP contribution in [0.4, 0.5) is 4.39 Å². The van der Waals surface area contributed by atoms with Gasteiger partial charge in [-0.05, 0) is 41.3 Å². The molecule has 0 fully saturated rings. The molecule has 0 radical (unpaired) electrons. The van der Waals surface area contributed by atoms with Crippen LogP contribution >= 0.6 is 27.5 Å². The molecule has 0 bridgehead atoms. The van der Waals surface area contributed by atoms with Gasteiger partial charge in [0.2, 0.25) is 0 Å². The van der Waals surface area contributed by atoms with Gasteiger partial charge in [-0.2, -0.15) is 0 Å². The van der Waals surface area contributed by atoms with E-state index in [1.807, 2.05) is 6.92 Å². The van der Waals surface area contributed by atoms with E-state index in [1.54, 1.807) is 6.07 Å². The Balaban J connectivity index is 2.78. The van der Waals surface area contributed by atoms with Crippen molar-refractivity contribution >= 4 is 38.6 Å². The molecule has 0 spiro atoms. The Morgan fingerprint density at radius 2 is 1.90 bits per heavy atom. The standard InChI is InChI=1S/C15H19BrClFN2/c1-8(17)14-19-12-6-10(16)11(18)7-13(12)20(14)9(2)15(3,4)5/h6-9H,1-5H3. The second-order valence-electron chi connectivity index (χ2n) is 6.25. The van der Waals surface area contributed by atoms with Crippen LogP contribution in [0.1, 0.15) is 51.9 Å². The zero-order chi connectivity index (χ0) is 15.2. The summed E-state index contributed by atoms with van der Waals surface area (Å²) in [6, 6.07) is 3.39. The molecule has 0 saturated carbocycles. The summed E-state index contributed by atoms with van der Waals surface area (Å²) in [4.78, 5) is 4.58. The molecule has 2 aromatic rings. The molecule has 0 aliphatic rings. The molecule has 0 aliphatic heterocycles. The quantitative estimate of drug-likeness (QED) is 0.614. The van der Waals surface area contributed by atoms with Gasteiger partial charge in [-0.15, -0.1) is 11.6 Å². The number of halogens is 3. The highest BCUT2D eigenvalue weighted by Gasteiger charge is 2.27. The lowest BCUT2D eigenvalue weighted by Crippen LogP contribution is -2.23. The molecule has 0 N–H and O–H groups in total. The first kappa shape index (κ1) is 15.8. The van der Waals surface area contributed by atoms with E-state index >= 15 is 0 Å². The third-order valence-electron chi connectivity index (χ3n) is 3.76. The Morgan fingerprint density at radius 1 is 1.30 bits per heavy atom. The number of hydrogen-bond donors (Lipinski definition) is 0. The second-order valence-corrected chi connectivity index (χ2v) is 7.76. The SMILES string of the molecule is CC(Cl)c1nc2cc(Br)c(F)cc2n1C(C)C(C)(C)C. The van der Waals surface area contributed by atoms with Crippen LogP contribution in [-0.4, -0.2) is 9.55 Å². The van der Waals surface area contributed by atoms with Crippen LogP contribution in [0.15, 0.2) is 16.6 Å². The lowest BCUT2D eigenvalue weighted by Gasteiger charge is -2.30. The van der Waals surface area contributed by atoms with E-state index in [0.717, 1.165) is 16.9 Å². The lowest BCUT2D eigenvalue weighted by molar-refractivity contribution is 0.262. The molecule has 2 nitrogen and oxygen atoms in total. The summed E-state index contributed by atoms with van der Waals surface area (Å²) in [5, 5.41) is -0.228. The summed E-state index contributed by atoms with van der Waals surface area (Å²) in [7, 11) is 0. The summed E-state index contributed by atoms with van der Waals surface area (Å²) in [6.45, 7) is 10.5. The number of rotatable bonds is 2. The van der Waals surface area contributed by atoms with Crippen molar-refractivity contribution in [1.82, 2.24) is 9.55 Å². The van der Waals surface area contributed by atoms with Crippen molar-refractivity contribution in [2.45, 2.75) is 46.0 Å². The topological polar surface area (TPSA) is 17.8 Å². The molecule has 0 aliphatic carbocycles. The van der Waals surface area contributed by atoms with Gasteiger partial charge in [0.25, 0.3) is 0 Å². The third-order valence-corrected chi connectivity index (χ3v) is 4.56. The highest BCUT2D eigenvalue weighted by molar-refractivity contribution is 9.10. The summed E-state index contributed by atoms with van der Waals surface area (Å²) in [5.41, 5.74) is 1.57. The van der Waals surface area contributed by atoms with Gasteiger partial charge >= 0.3 is 0 Å². The van der Waals surface area contributed by atoms with Crippen LogP contribution in [0.5, 0.6) is 0 Å². The summed E-state index contributed by atoms with van der Waals surface area (Å²) >= 11 is 9.47. The summed E-state index contributed by atoms with van der Waals surface area (Å²) in [6.07, 6.45) is 0. The maximum absolute atomic E-state index is 13.9. The minimum Gasteiger partial charge on any atom is -0.323 e. The molecule has 2 rings (SSSR count). The minimum absolute atomic E-state index is 0.0255. The Labute approximate surface area is 132 Å². The van der Waals surface area contributed by atoms with E-state index in [2.05, 4.69) is 53.2 Å². The fraction of sp³-hybridized carbons (Fsp3) is 0.533. The molecule has 5 heteroatoms. The van der Waals surface area contributed by atoms with Gasteiger partial charge in [0.15, 0.2) is 0 Å². The van der Waals surface area contributed by atoms with Gasteiger partial charge in [-0.25, -0.2) is 9.37 Å². The zero-order valence-corrected chi connectivity index (χ0v) is 14.7. The van der Waals surface area contributed by atoms with Gasteiger partial charge < -0.3 is 4.57 Å². The highest BCUT2D eigenvalue weighted by Crippen LogP contribution is 2.37. The Hall–Kier alpha value is -0.610. The van der Waals surface area contributed by atoms with E-state index in [9.17, 15) is 4.39 Å². The fourth-order valence-corrected chi connectivity index (χ4v) is 2.67. The molecule has 2 unspecified atom stereocenters. The van der Waals surface area contributed by atoms with Crippen LogP contribution < -0.4 is 0 Å². The van der Waals surface area contributed by atoms with E-state index in [0.29, 0.717) is 4.47 Å². The molecule has 1 heterocycles. The van der Waals surface area contributed by atoms with Crippen LogP contribution in [0.2, 0.25) is 0 Å². The van der Waals surface area contributed by atoms with Crippen molar-refractivity contribution in [3.05, 3.63) is 28.2 Å². The van der Waals surface area contributed by atoms with Crippen LogP contribution in [-0.2, 0) is 0 Å². The third kappa shape index (κ3) is 2.73. The van der Waals surface area contributed by atoms with Gasteiger partial charge in [-0.1, -0.05) is 20.8 Å². The molecule has 110 valence electrons. The molecule has 1 aromatic heterocycles. The number of benzene rings is 1. The maximum atomic E-state index is 13.9. The van der Waals surface area contributed by atoms with Crippen molar-refractivity contribution < 1.29 is 4.39 Å². The van der Waals surface area contributed by atoms with Gasteiger partial charge in [0, 0.05) is 12.1 Å². The van der Waals surface area contributed by atoms with E-state index in [1.165, 1.54) is 6.07 Å². The highest BCUT2D eigenvalue weighted by atomic mass is 79.9. The zero-order valence-electron chi connectivity index (χ0n) is 12.3. The predicted octanol–water partition coefficient (Wildman–Crippen LogP) is 5.84. The van der Waals surface area contributed by atoms with Crippen molar-refractivity contribution in [2.24, 2.45) is 5.41 Å². The summed E-state index contributed by atoms with van der Waals surface area (Å²) < 4.78 is 16.4. The molecule has 2 atom stereocenters. The van der Waals surface area contributed by atoms with E-state index in [4.69, 9.17) is 11.6 Å². The number of nitrogens with zero attached hydrogens (tertiary/aromatic N) is 2. The lowest BCUT2D eigenvalue weighted by atomic mass is 9.87. The average Bonchev–Trinajstić information content (AvgIpc) is 2.66. The first-order valence-corrected chi connectivity index (χ1v) is 7.86. The molecule has 0 amide bonds. The van der Waals surface area contributed by atoms with Crippen molar-refractivity contribution in [2.75, 3.05) is 0 Å². The number of imidazole rings is 1. The number of aromatic nitrogens is 2. The Morgan fingerprint density at radius 3 is 2.40 bits per heavy atom. The Kier molecular flexibility index (Phi) is 4.18. The van der Waals surface area contributed by atoms with Crippen molar-refractivity contribution in [3.8, 4) is 0 Å². The van der Waals surface area contributed by atoms with E-state index < -0.39 is 0 Å². The first-order valence-electron chi connectivity index (χ1n) is 6.64. The Bertz CT molecular complexity index is 643.